The number of rotatable bonds is 2. The summed E-state index contributed by atoms with van der Waals surface area (Å²) in [6.45, 7) is 4.44. The van der Waals surface area contributed by atoms with E-state index in [1.165, 1.54) is 0 Å². The van der Waals surface area contributed by atoms with Crippen LogP contribution < -0.4 is 5.32 Å². The minimum atomic E-state index is 0.123. The minimum Gasteiger partial charge on any atom is -0.351 e. The van der Waals surface area contributed by atoms with Crippen LogP contribution in [0.15, 0.2) is 0 Å². The summed E-state index contributed by atoms with van der Waals surface area (Å²) in [5.74, 6) is 1.83. The van der Waals surface area contributed by atoms with E-state index >= 15 is 0 Å². The summed E-state index contributed by atoms with van der Waals surface area (Å²) in [6, 6.07) is 0.412. The van der Waals surface area contributed by atoms with Crippen LogP contribution in [0.25, 0.3) is 0 Å². The van der Waals surface area contributed by atoms with E-state index in [9.17, 15) is 0 Å². The maximum Gasteiger partial charge on any atom is 0.228 e. The van der Waals surface area contributed by atoms with Gasteiger partial charge in [-0.05, 0) is 41.5 Å². The van der Waals surface area contributed by atoms with Gasteiger partial charge in [0.1, 0.15) is 0 Å². The van der Waals surface area contributed by atoms with Crippen LogP contribution in [0.5, 0.6) is 0 Å². The highest BCUT2D eigenvalue weighted by Crippen LogP contribution is 2.35. The van der Waals surface area contributed by atoms with Gasteiger partial charge in [0.15, 0.2) is 0 Å². The third-order valence-electron chi connectivity index (χ3n) is 3.05. The number of hydrogen-bond donors (Lipinski definition) is 1. The van der Waals surface area contributed by atoms with Crippen LogP contribution in [0.2, 0.25) is 10.6 Å². The number of nitrogens with zero attached hydrogens (tertiary/aromatic N) is 3. The van der Waals surface area contributed by atoms with Crippen LogP contribution in [0.3, 0.4) is 0 Å². The maximum atomic E-state index is 5.67. The number of halogens is 2. The Balaban J connectivity index is 2.05. The van der Waals surface area contributed by atoms with Gasteiger partial charge in [0.25, 0.3) is 0 Å². The molecule has 0 bridgehead atoms. The topological polar surface area (TPSA) is 50.7 Å². The summed E-state index contributed by atoms with van der Waals surface area (Å²) < 4.78 is 0. The van der Waals surface area contributed by atoms with E-state index in [0.29, 0.717) is 17.9 Å². The molecule has 0 radical (unpaired) electrons. The Labute approximate surface area is 98.4 Å². The average molecular weight is 247 g/mol. The molecule has 2 rings (SSSR count). The monoisotopic (exact) mass is 246 g/mol. The molecule has 0 aromatic carbocycles. The Morgan fingerprint density at radius 2 is 1.73 bits per heavy atom. The van der Waals surface area contributed by atoms with E-state index in [-0.39, 0.29) is 10.6 Å². The zero-order valence-corrected chi connectivity index (χ0v) is 10.0. The first-order valence-corrected chi connectivity index (χ1v) is 5.65. The third-order valence-corrected chi connectivity index (χ3v) is 3.39. The molecule has 1 saturated carbocycles. The van der Waals surface area contributed by atoms with E-state index < -0.39 is 0 Å². The second-order valence-electron chi connectivity index (χ2n) is 4.02. The van der Waals surface area contributed by atoms with Crippen molar-refractivity contribution in [1.29, 1.82) is 0 Å². The van der Waals surface area contributed by atoms with Gasteiger partial charge in [0.2, 0.25) is 16.5 Å². The van der Waals surface area contributed by atoms with Crippen molar-refractivity contribution < 1.29 is 0 Å². The lowest BCUT2D eigenvalue weighted by Gasteiger charge is -2.41. The lowest BCUT2D eigenvalue weighted by Crippen LogP contribution is -2.43. The van der Waals surface area contributed by atoms with Crippen LogP contribution in [-0.4, -0.2) is 21.0 Å². The van der Waals surface area contributed by atoms with Crippen LogP contribution >= 0.6 is 23.2 Å². The van der Waals surface area contributed by atoms with Crippen LogP contribution in [0.1, 0.15) is 20.3 Å². The largest absolute Gasteiger partial charge is 0.351 e. The molecule has 1 aromatic heterocycles. The molecule has 82 valence electrons. The molecule has 4 nitrogen and oxygen atoms in total. The highest BCUT2D eigenvalue weighted by Gasteiger charge is 2.34. The fraction of sp³-hybridized carbons (Fsp3) is 0.667. The van der Waals surface area contributed by atoms with E-state index in [0.717, 1.165) is 12.3 Å². The number of anilines is 1. The average Bonchev–Trinajstić information content (AvgIpc) is 2.15. The van der Waals surface area contributed by atoms with Crippen LogP contribution in [0.4, 0.5) is 5.95 Å². The second kappa shape index (κ2) is 4.10. The van der Waals surface area contributed by atoms with E-state index in [1.807, 2.05) is 0 Å². The van der Waals surface area contributed by atoms with Gasteiger partial charge in [0.05, 0.1) is 0 Å². The first-order chi connectivity index (χ1) is 7.06. The second-order valence-corrected chi connectivity index (χ2v) is 4.70. The molecular weight excluding hydrogens is 235 g/mol. The van der Waals surface area contributed by atoms with Crippen molar-refractivity contribution in [2.75, 3.05) is 5.32 Å². The van der Waals surface area contributed by atoms with Gasteiger partial charge in [0, 0.05) is 6.04 Å². The molecule has 1 aliphatic carbocycles. The van der Waals surface area contributed by atoms with E-state index in [1.54, 1.807) is 0 Å². The highest BCUT2D eigenvalue weighted by molar-refractivity contribution is 6.31. The predicted octanol–water partition coefficient (Wildman–Crippen LogP) is 2.63. The van der Waals surface area contributed by atoms with Gasteiger partial charge >= 0.3 is 0 Å². The normalized spacial score (nSPS) is 29.7. The van der Waals surface area contributed by atoms with E-state index in [4.69, 9.17) is 23.2 Å². The predicted molar refractivity (Wildman–Crippen MR) is 60.2 cm³/mol. The molecule has 1 heterocycles. The van der Waals surface area contributed by atoms with Crippen molar-refractivity contribution in [2.45, 2.75) is 26.3 Å². The molecule has 15 heavy (non-hydrogen) atoms. The summed E-state index contributed by atoms with van der Waals surface area (Å²) in [5.41, 5.74) is 0. The Kier molecular flexibility index (Phi) is 2.98. The third kappa shape index (κ3) is 2.32. The molecule has 1 aliphatic rings. The highest BCUT2D eigenvalue weighted by atomic mass is 35.5. The molecule has 6 heteroatoms. The molecular formula is C9H12Cl2N4. The Morgan fingerprint density at radius 3 is 2.20 bits per heavy atom. The molecule has 0 amide bonds. The fourth-order valence-corrected chi connectivity index (χ4v) is 2.14. The molecule has 1 aromatic rings. The van der Waals surface area contributed by atoms with Crippen LogP contribution in [-0.2, 0) is 0 Å². The smallest absolute Gasteiger partial charge is 0.228 e. The first kappa shape index (κ1) is 10.9. The Morgan fingerprint density at radius 1 is 1.13 bits per heavy atom. The standard InChI is InChI=1S/C9H12Cl2N4/c1-4-3-6(5(4)2)12-9-14-7(10)13-8(11)15-9/h4-6H,3H2,1-2H3,(H,12,13,14,15). The van der Waals surface area contributed by atoms with Gasteiger partial charge in [-0.2, -0.15) is 15.0 Å². The summed E-state index contributed by atoms with van der Waals surface area (Å²) in [4.78, 5) is 11.6. The lowest BCUT2D eigenvalue weighted by atomic mass is 9.71. The molecule has 0 aliphatic heterocycles. The molecule has 1 N–H and O–H groups in total. The Hall–Kier alpha value is -0.610. The minimum absolute atomic E-state index is 0.123. The van der Waals surface area contributed by atoms with Gasteiger partial charge in [-0.15, -0.1) is 0 Å². The number of aromatic nitrogens is 3. The number of nitrogens with one attached hydrogen (secondary N) is 1. The molecule has 1 fully saturated rings. The first-order valence-electron chi connectivity index (χ1n) is 4.90. The molecule has 0 saturated heterocycles. The summed E-state index contributed by atoms with van der Waals surface area (Å²) in [6.07, 6.45) is 1.13. The zero-order chi connectivity index (χ0) is 11.0. The van der Waals surface area contributed by atoms with Crippen molar-refractivity contribution in [3.8, 4) is 0 Å². The SMILES string of the molecule is CC1CC(Nc2nc(Cl)nc(Cl)n2)C1C. The van der Waals surface area contributed by atoms with Gasteiger partial charge in [-0.25, -0.2) is 0 Å². The van der Waals surface area contributed by atoms with Crippen molar-refractivity contribution in [1.82, 2.24) is 15.0 Å². The van der Waals surface area contributed by atoms with Gasteiger partial charge in [-0.3, -0.25) is 0 Å². The van der Waals surface area contributed by atoms with Crippen molar-refractivity contribution >= 4 is 29.2 Å². The Bertz CT molecular complexity index is 351. The maximum absolute atomic E-state index is 5.67. The van der Waals surface area contributed by atoms with Crippen molar-refractivity contribution in [3.63, 3.8) is 0 Å². The zero-order valence-electron chi connectivity index (χ0n) is 8.54. The van der Waals surface area contributed by atoms with Crippen molar-refractivity contribution in [2.24, 2.45) is 11.8 Å². The van der Waals surface area contributed by atoms with E-state index in [2.05, 4.69) is 34.1 Å². The fourth-order valence-electron chi connectivity index (χ4n) is 1.78. The molecule has 3 unspecified atom stereocenters. The summed E-state index contributed by atoms with van der Waals surface area (Å²) in [5, 5.41) is 3.45. The van der Waals surface area contributed by atoms with Crippen molar-refractivity contribution in [3.05, 3.63) is 10.6 Å². The summed E-state index contributed by atoms with van der Waals surface area (Å²) in [7, 11) is 0. The lowest BCUT2D eigenvalue weighted by molar-refractivity contribution is 0.188. The summed E-state index contributed by atoms with van der Waals surface area (Å²) >= 11 is 11.3. The van der Waals surface area contributed by atoms with Gasteiger partial charge < -0.3 is 5.32 Å². The molecule has 0 spiro atoms. The quantitative estimate of drug-likeness (QED) is 0.872. The van der Waals surface area contributed by atoms with Crippen LogP contribution in [0, 0.1) is 11.8 Å². The van der Waals surface area contributed by atoms with Gasteiger partial charge in [-0.1, -0.05) is 13.8 Å². The number of hydrogen-bond acceptors (Lipinski definition) is 4. The molecule has 3 atom stereocenters.